The van der Waals surface area contributed by atoms with Crippen molar-refractivity contribution in [1.82, 2.24) is 4.98 Å². The number of pyridine rings is 1. The van der Waals surface area contributed by atoms with E-state index in [1.54, 1.807) is 18.2 Å². The second kappa shape index (κ2) is 4.69. The fourth-order valence-electron chi connectivity index (χ4n) is 1.31. The summed E-state index contributed by atoms with van der Waals surface area (Å²) in [5.41, 5.74) is 5.78. The smallest absolute Gasteiger partial charge is 0.262 e. The van der Waals surface area contributed by atoms with Gasteiger partial charge >= 0.3 is 0 Å². The van der Waals surface area contributed by atoms with Crippen LogP contribution in [0.4, 0.5) is 10.1 Å². The monoisotopic (exact) mass is 234 g/mol. The zero-order chi connectivity index (χ0) is 12.3. The van der Waals surface area contributed by atoms with Crippen molar-refractivity contribution in [3.63, 3.8) is 0 Å². The Labute approximate surface area is 97.8 Å². The maximum absolute atomic E-state index is 13.5. The minimum absolute atomic E-state index is 0.0520. The minimum atomic E-state index is -0.544. The first-order valence-electron chi connectivity index (χ1n) is 4.92. The van der Waals surface area contributed by atoms with E-state index < -0.39 is 5.82 Å². The summed E-state index contributed by atoms with van der Waals surface area (Å²) in [5.74, 6) is 0.149. The van der Waals surface area contributed by atoms with E-state index in [0.29, 0.717) is 11.4 Å². The maximum Gasteiger partial charge on any atom is 0.262 e. The van der Waals surface area contributed by atoms with E-state index in [1.165, 1.54) is 25.4 Å². The van der Waals surface area contributed by atoms with Crippen LogP contribution < -0.4 is 15.2 Å². The Morgan fingerprint density at radius 1 is 1.24 bits per heavy atom. The molecule has 2 rings (SSSR count). The third-order valence-electron chi connectivity index (χ3n) is 2.12. The van der Waals surface area contributed by atoms with E-state index in [-0.39, 0.29) is 11.6 Å². The predicted octanol–water partition coefficient (Wildman–Crippen LogP) is 2.60. The van der Waals surface area contributed by atoms with Gasteiger partial charge in [-0.3, -0.25) is 0 Å². The van der Waals surface area contributed by atoms with Gasteiger partial charge in [-0.15, -0.1) is 0 Å². The molecule has 0 unspecified atom stereocenters. The Balaban J connectivity index is 2.31. The molecule has 0 saturated carbocycles. The number of benzene rings is 1. The second-order valence-corrected chi connectivity index (χ2v) is 3.30. The molecule has 4 nitrogen and oxygen atoms in total. The number of hydrogen-bond acceptors (Lipinski definition) is 4. The number of rotatable bonds is 3. The number of anilines is 1. The number of methoxy groups -OCH3 is 1. The van der Waals surface area contributed by atoms with Crippen LogP contribution in [0.5, 0.6) is 17.4 Å². The zero-order valence-corrected chi connectivity index (χ0v) is 9.18. The van der Waals surface area contributed by atoms with Gasteiger partial charge in [0, 0.05) is 18.0 Å². The quantitative estimate of drug-likeness (QED) is 0.829. The van der Waals surface area contributed by atoms with Gasteiger partial charge in [-0.25, -0.2) is 9.37 Å². The molecule has 1 heterocycles. The van der Waals surface area contributed by atoms with Gasteiger partial charge in [-0.05, 0) is 24.3 Å². The van der Waals surface area contributed by atoms with Crippen molar-refractivity contribution in [2.45, 2.75) is 0 Å². The molecule has 0 saturated heterocycles. The van der Waals surface area contributed by atoms with E-state index in [2.05, 4.69) is 4.98 Å². The third kappa shape index (κ3) is 2.44. The molecule has 2 N–H and O–H groups in total. The van der Waals surface area contributed by atoms with Crippen molar-refractivity contribution in [3.05, 3.63) is 42.3 Å². The zero-order valence-electron chi connectivity index (χ0n) is 9.18. The maximum atomic E-state index is 13.5. The number of ether oxygens (including phenoxy) is 2. The summed E-state index contributed by atoms with van der Waals surface area (Å²) in [6.07, 6.45) is 1.53. The molecule has 0 radical (unpaired) electrons. The molecule has 17 heavy (non-hydrogen) atoms. The number of aromatic nitrogens is 1. The molecule has 5 heteroatoms. The van der Waals surface area contributed by atoms with Gasteiger partial charge in [-0.2, -0.15) is 0 Å². The topological polar surface area (TPSA) is 57.4 Å². The van der Waals surface area contributed by atoms with Gasteiger partial charge < -0.3 is 15.2 Å². The Bertz CT molecular complexity index is 532. The summed E-state index contributed by atoms with van der Waals surface area (Å²) in [7, 11) is 1.49. The molecule has 0 spiro atoms. The summed E-state index contributed by atoms with van der Waals surface area (Å²) < 4.78 is 23.9. The Hall–Kier alpha value is -2.30. The molecule has 0 atom stereocenters. The van der Waals surface area contributed by atoms with Crippen molar-refractivity contribution in [3.8, 4) is 17.4 Å². The first-order valence-corrected chi connectivity index (χ1v) is 4.92. The average molecular weight is 234 g/mol. The first kappa shape index (κ1) is 11.2. The van der Waals surface area contributed by atoms with Crippen LogP contribution in [0.1, 0.15) is 0 Å². The Kier molecular flexibility index (Phi) is 3.09. The Morgan fingerprint density at radius 3 is 2.76 bits per heavy atom. The van der Waals surface area contributed by atoms with Gasteiger partial charge in [-0.1, -0.05) is 0 Å². The molecule has 0 aliphatic carbocycles. The van der Waals surface area contributed by atoms with Gasteiger partial charge in [0.2, 0.25) is 0 Å². The van der Waals surface area contributed by atoms with Crippen LogP contribution in [-0.4, -0.2) is 12.1 Å². The van der Waals surface area contributed by atoms with Crippen LogP contribution in [0.3, 0.4) is 0 Å². The molecule has 1 aromatic carbocycles. The number of hydrogen-bond donors (Lipinski definition) is 1. The lowest BCUT2D eigenvalue weighted by atomic mass is 10.3. The molecule has 0 bridgehead atoms. The predicted molar refractivity (Wildman–Crippen MR) is 61.7 cm³/mol. The highest BCUT2D eigenvalue weighted by Crippen LogP contribution is 2.30. The summed E-state index contributed by atoms with van der Waals surface area (Å²) in [6.45, 7) is 0. The first-order chi connectivity index (χ1) is 8.20. The highest BCUT2D eigenvalue weighted by atomic mass is 19.1. The molecule has 0 aliphatic rings. The fraction of sp³-hybridized carbons (Fsp3) is 0.0833. The molecule has 1 aromatic heterocycles. The van der Waals surface area contributed by atoms with E-state index in [1.807, 2.05) is 0 Å². The SMILES string of the molecule is COc1cccnc1Oc1ccc(N)cc1F. The minimum Gasteiger partial charge on any atom is -0.491 e. The van der Waals surface area contributed by atoms with Crippen molar-refractivity contribution in [2.24, 2.45) is 0 Å². The normalized spacial score (nSPS) is 10.0. The number of nitrogens with zero attached hydrogens (tertiary/aromatic N) is 1. The number of nitrogen functional groups attached to an aromatic ring is 1. The lowest BCUT2D eigenvalue weighted by Gasteiger charge is -2.09. The van der Waals surface area contributed by atoms with Crippen LogP contribution in [0.2, 0.25) is 0 Å². The lowest BCUT2D eigenvalue weighted by molar-refractivity contribution is 0.361. The summed E-state index contributed by atoms with van der Waals surface area (Å²) in [4.78, 5) is 3.96. The molecule has 88 valence electrons. The molecular formula is C12H11FN2O2. The van der Waals surface area contributed by atoms with E-state index >= 15 is 0 Å². The van der Waals surface area contributed by atoms with Crippen molar-refractivity contribution in [1.29, 1.82) is 0 Å². The largest absolute Gasteiger partial charge is 0.491 e. The molecule has 2 aromatic rings. The van der Waals surface area contributed by atoms with Crippen molar-refractivity contribution >= 4 is 5.69 Å². The van der Waals surface area contributed by atoms with Crippen LogP contribution >= 0.6 is 0 Å². The van der Waals surface area contributed by atoms with E-state index in [9.17, 15) is 4.39 Å². The highest BCUT2D eigenvalue weighted by Gasteiger charge is 2.09. The number of halogens is 1. The molecule has 0 amide bonds. The van der Waals surface area contributed by atoms with E-state index in [0.717, 1.165) is 0 Å². The highest BCUT2D eigenvalue weighted by molar-refractivity contribution is 5.45. The second-order valence-electron chi connectivity index (χ2n) is 3.30. The fourth-order valence-corrected chi connectivity index (χ4v) is 1.31. The van der Waals surface area contributed by atoms with Gasteiger partial charge in [0.15, 0.2) is 17.3 Å². The van der Waals surface area contributed by atoms with Crippen LogP contribution in [0, 0.1) is 5.82 Å². The molecule has 0 fully saturated rings. The standard InChI is InChI=1S/C12H11FN2O2/c1-16-11-3-2-6-15-12(11)17-10-5-4-8(14)7-9(10)13/h2-7H,14H2,1H3. The molecule has 0 aliphatic heterocycles. The van der Waals surface area contributed by atoms with Crippen LogP contribution in [-0.2, 0) is 0 Å². The van der Waals surface area contributed by atoms with Crippen molar-refractivity contribution < 1.29 is 13.9 Å². The third-order valence-corrected chi connectivity index (χ3v) is 2.12. The van der Waals surface area contributed by atoms with Crippen molar-refractivity contribution in [2.75, 3.05) is 12.8 Å². The van der Waals surface area contributed by atoms with Crippen LogP contribution in [0.15, 0.2) is 36.5 Å². The average Bonchev–Trinajstić information content (AvgIpc) is 2.33. The summed E-state index contributed by atoms with van der Waals surface area (Å²) >= 11 is 0. The Morgan fingerprint density at radius 2 is 2.06 bits per heavy atom. The lowest BCUT2D eigenvalue weighted by Crippen LogP contribution is -1.95. The summed E-state index contributed by atoms with van der Waals surface area (Å²) in [6, 6.07) is 7.56. The number of nitrogens with two attached hydrogens (primary N) is 1. The van der Waals surface area contributed by atoms with Gasteiger partial charge in [0.05, 0.1) is 7.11 Å². The van der Waals surface area contributed by atoms with E-state index in [4.69, 9.17) is 15.2 Å². The molecular weight excluding hydrogens is 223 g/mol. The summed E-state index contributed by atoms with van der Waals surface area (Å²) in [5, 5.41) is 0. The van der Waals surface area contributed by atoms with Gasteiger partial charge in [0.25, 0.3) is 5.88 Å². The van der Waals surface area contributed by atoms with Gasteiger partial charge in [0.1, 0.15) is 0 Å². The van der Waals surface area contributed by atoms with Crippen LogP contribution in [0.25, 0.3) is 0 Å².